The molecule has 0 aromatic heterocycles. The van der Waals surface area contributed by atoms with Crippen LogP contribution < -0.4 is 10.6 Å². The van der Waals surface area contributed by atoms with E-state index < -0.39 is 17.4 Å². The smallest absolute Gasteiger partial charge is 0.338 e. The predicted octanol–water partition coefficient (Wildman–Crippen LogP) is 5.12. The number of ether oxygens (including phenoxy) is 1. The third-order valence-corrected chi connectivity index (χ3v) is 5.48. The van der Waals surface area contributed by atoms with Gasteiger partial charge in [0, 0.05) is 17.6 Å². The van der Waals surface area contributed by atoms with Crippen molar-refractivity contribution in [3.05, 3.63) is 71.3 Å². The number of urea groups is 1. The number of carbonyl (C=O) groups excluding carboxylic acids is 3. The van der Waals surface area contributed by atoms with E-state index in [1.165, 1.54) is 0 Å². The highest BCUT2D eigenvalue weighted by atomic mass is 16.5. The van der Waals surface area contributed by atoms with Crippen LogP contribution >= 0.6 is 0 Å². The molecule has 7 nitrogen and oxygen atoms in total. The molecule has 0 saturated heterocycles. The van der Waals surface area contributed by atoms with Crippen LogP contribution in [-0.2, 0) is 14.3 Å². The van der Waals surface area contributed by atoms with Crippen LogP contribution in [0.25, 0.3) is 5.70 Å². The summed E-state index contributed by atoms with van der Waals surface area (Å²) in [7, 11) is 0. The molecular weight excluding hydrogens is 430 g/mol. The SMILES string of the molecule is CCCN1C(=O)NC(c2cccc(NC(=O)C(C)(C)C)c2)C(C(=O)OCC)=C1c1ccccc1. The quantitative estimate of drug-likeness (QED) is 0.558. The van der Waals surface area contributed by atoms with Crippen molar-refractivity contribution in [1.29, 1.82) is 0 Å². The molecule has 0 spiro atoms. The van der Waals surface area contributed by atoms with Gasteiger partial charge < -0.3 is 15.4 Å². The first-order chi connectivity index (χ1) is 16.2. The summed E-state index contributed by atoms with van der Waals surface area (Å²) in [5.41, 5.74) is 2.36. The molecule has 0 fully saturated rings. The van der Waals surface area contributed by atoms with Gasteiger partial charge in [-0.15, -0.1) is 0 Å². The molecule has 1 aliphatic rings. The van der Waals surface area contributed by atoms with Crippen molar-refractivity contribution in [2.75, 3.05) is 18.5 Å². The third-order valence-electron chi connectivity index (χ3n) is 5.48. The molecule has 1 atom stereocenters. The van der Waals surface area contributed by atoms with Gasteiger partial charge in [0.1, 0.15) is 0 Å². The average molecular weight is 464 g/mol. The highest BCUT2D eigenvalue weighted by molar-refractivity contribution is 6.04. The zero-order valence-corrected chi connectivity index (χ0v) is 20.5. The molecule has 2 N–H and O–H groups in total. The Labute approximate surface area is 201 Å². The monoisotopic (exact) mass is 463 g/mol. The maximum Gasteiger partial charge on any atom is 0.338 e. The van der Waals surface area contributed by atoms with E-state index in [9.17, 15) is 14.4 Å². The fourth-order valence-corrected chi connectivity index (χ4v) is 3.79. The van der Waals surface area contributed by atoms with Crippen LogP contribution in [0, 0.1) is 5.41 Å². The number of benzene rings is 2. The van der Waals surface area contributed by atoms with Gasteiger partial charge in [0.25, 0.3) is 0 Å². The van der Waals surface area contributed by atoms with E-state index in [-0.39, 0.29) is 18.5 Å². The lowest BCUT2D eigenvalue weighted by atomic mass is 9.91. The second-order valence-electron chi connectivity index (χ2n) is 9.21. The van der Waals surface area contributed by atoms with Gasteiger partial charge >= 0.3 is 12.0 Å². The van der Waals surface area contributed by atoms with Gasteiger partial charge in [0.15, 0.2) is 0 Å². The number of rotatable bonds is 7. The van der Waals surface area contributed by atoms with Crippen molar-refractivity contribution < 1.29 is 19.1 Å². The molecule has 1 unspecified atom stereocenters. The number of hydrogen-bond donors (Lipinski definition) is 2. The molecule has 0 aliphatic carbocycles. The Hall–Kier alpha value is -3.61. The lowest BCUT2D eigenvalue weighted by molar-refractivity contribution is -0.139. The molecule has 180 valence electrons. The predicted molar refractivity (Wildman–Crippen MR) is 133 cm³/mol. The number of nitrogens with one attached hydrogen (secondary N) is 2. The fraction of sp³-hybridized carbons (Fsp3) is 0.370. The normalized spacial score (nSPS) is 16.2. The van der Waals surface area contributed by atoms with Crippen molar-refractivity contribution >= 4 is 29.3 Å². The number of esters is 1. The molecule has 3 amide bonds. The first-order valence-electron chi connectivity index (χ1n) is 11.6. The van der Waals surface area contributed by atoms with Crippen molar-refractivity contribution in [2.24, 2.45) is 5.41 Å². The standard InChI is InChI=1S/C27H33N3O4/c1-6-16-30-23(18-12-9-8-10-13-18)21(24(31)34-7-2)22(29-26(30)33)19-14-11-15-20(17-19)28-25(32)27(3,4)5/h8-15,17,22H,6-7,16H2,1-5H3,(H,28,32)(H,29,33). The Morgan fingerprint density at radius 2 is 1.76 bits per heavy atom. The summed E-state index contributed by atoms with van der Waals surface area (Å²) in [5, 5.41) is 5.90. The highest BCUT2D eigenvalue weighted by Gasteiger charge is 2.38. The number of carbonyl (C=O) groups is 3. The third kappa shape index (κ3) is 5.47. The van der Waals surface area contributed by atoms with Crippen LogP contribution in [0.2, 0.25) is 0 Å². The average Bonchev–Trinajstić information content (AvgIpc) is 2.80. The molecule has 0 bridgehead atoms. The Balaban J connectivity index is 2.17. The summed E-state index contributed by atoms with van der Waals surface area (Å²) in [5.74, 6) is -0.617. The van der Waals surface area contributed by atoms with E-state index in [2.05, 4.69) is 10.6 Å². The van der Waals surface area contributed by atoms with Crippen molar-refractivity contribution in [3.8, 4) is 0 Å². The van der Waals surface area contributed by atoms with Gasteiger partial charge in [-0.3, -0.25) is 9.69 Å². The van der Waals surface area contributed by atoms with Crippen LogP contribution in [0.5, 0.6) is 0 Å². The maximum atomic E-state index is 13.3. The second-order valence-corrected chi connectivity index (χ2v) is 9.21. The van der Waals surface area contributed by atoms with Crippen LogP contribution in [-0.4, -0.2) is 36.0 Å². The number of amides is 3. The summed E-state index contributed by atoms with van der Waals surface area (Å²) in [6.07, 6.45) is 0.721. The zero-order chi connectivity index (χ0) is 24.9. The lowest BCUT2D eigenvalue weighted by Crippen LogP contribution is -2.48. The summed E-state index contributed by atoms with van der Waals surface area (Å²) in [6, 6.07) is 15.6. The van der Waals surface area contributed by atoms with Gasteiger partial charge in [-0.05, 0) is 36.6 Å². The summed E-state index contributed by atoms with van der Waals surface area (Å²) in [4.78, 5) is 40.6. The van der Waals surface area contributed by atoms with Crippen molar-refractivity contribution in [1.82, 2.24) is 10.2 Å². The van der Waals surface area contributed by atoms with E-state index in [1.807, 2.05) is 64.1 Å². The number of anilines is 1. The Bertz CT molecular complexity index is 1090. The first kappa shape index (κ1) is 25.0. The minimum absolute atomic E-state index is 0.127. The van der Waals surface area contributed by atoms with Crippen LogP contribution in [0.3, 0.4) is 0 Å². The van der Waals surface area contributed by atoms with Crippen molar-refractivity contribution in [3.63, 3.8) is 0 Å². The van der Waals surface area contributed by atoms with Gasteiger partial charge in [0.2, 0.25) is 5.91 Å². The summed E-state index contributed by atoms with van der Waals surface area (Å²) in [6.45, 7) is 9.90. The molecule has 1 heterocycles. The van der Waals surface area contributed by atoms with E-state index in [1.54, 1.807) is 30.0 Å². The molecule has 2 aromatic rings. The van der Waals surface area contributed by atoms with Gasteiger partial charge in [-0.2, -0.15) is 0 Å². The summed E-state index contributed by atoms with van der Waals surface area (Å²) < 4.78 is 5.44. The van der Waals surface area contributed by atoms with Crippen molar-refractivity contribution in [2.45, 2.75) is 47.1 Å². The number of nitrogens with zero attached hydrogens (tertiary/aromatic N) is 1. The molecule has 7 heteroatoms. The van der Waals surface area contributed by atoms with Gasteiger partial charge in [0.05, 0.1) is 23.9 Å². The molecular formula is C27H33N3O4. The minimum Gasteiger partial charge on any atom is -0.463 e. The zero-order valence-electron chi connectivity index (χ0n) is 20.5. The van der Waals surface area contributed by atoms with Gasteiger partial charge in [-0.1, -0.05) is 70.2 Å². The molecule has 0 saturated carbocycles. The van der Waals surface area contributed by atoms with Crippen LogP contribution in [0.1, 0.15) is 58.2 Å². The van der Waals surface area contributed by atoms with E-state index in [4.69, 9.17) is 4.74 Å². The molecule has 1 aliphatic heterocycles. The summed E-state index contributed by atoms with van der Waals surface area (Å²) >= 11 is 0. The Morgan fingerprint density at radius 3 is 2.38 bits per heavy atom. The molecule has 0 radical (unpaired) electrons. The number of hydrogen-bond acceptors (Lipinski definition) is 4. The van der Waals surface area contributed by atoms with E-state index >= 15 is 0 Å². The molecule has 34 heavy (non-hydrogen) atoms. The lowest BCUT2D eigenvalue weighted by Gasteiger charge is -2.37. The highest BCUT2D eigenvalue weighted by Crippen LogP contribution is 2.37. The van der Waals surface area contributed by atoms with E-state index in [0.29, 0.717) is 29.1 Å². The Kier molecular flexibility index (Phi) is 7.76. The van der Waals surface area contributed by atoms with E-state index in [0.717, 1.165) is 12.0 Å². The topological polar surface area (TPSA) is 87.7 Å². The van der Waals surface area contributed by atoms with Crippen LogP contribution in [0.15, 0.2) is 60.2 Å². The fourth-order valence-electron chi connectivity index (χ4n) is 3.79. The first-order valence-corrected chi connectivity index (χ1v) is 11.6. The Morgan fingerprint density at radius 1 is 1.06 bits per heavy atom. The van der Waals surface area contributed by atoms with Gasteiger partial charge in [-0.25, -0.2) is 9.59 Å². The maximum absolute atomic E-state index is 13.3. The second kappa shape index (κ2) is 10.5. The molecule has 3 rings (SSSR count). The molecule has 2 aromatic carbocycles. The minimum atomic E-state index is -0.735. The largest absolute Gasteiger partial charge is 0.463 e. The van der Waals surface area contributed by atoms with Crippen LogP contribution in [0.4, 0.5) is 10.5 Å².